The summed E-state index contributed by atoms with van der Waals surface area (Å²) in [5, 5.41) is 2.11. The van der Waals surface area contributed by atoms with Crippen LogP contribution < -0.4 is 11.2 Å². The lowest BCUT2D eigenvalue weighted by atomic mass is 10.0. The summed E-state index contributed by atoms with van der Waals surface area (Å²) in [7, 11) is 1.67. The van der Waals surface area contributed by atoms with Gasteiger partial charge in [-0.3, -0.25) is 18.3 Å². The van der Waals surface area contributed by atoms with Gasteiger partial charge in [-0.25, -0.2) is 4.79 Å². The van der Waals surface area contributed by atoms with Crippen molar-refractivity contribution in [3.63, 3.8) is 0 Å². The smallest absolute Gasteiger partial charge is 0.332 e. The van der Waals surface area contributed by atoms with Gasteiger partial charge in [-0.1, -0.05) is 42.5 Å². The van der Waals surface area contributed by atoms with Gasteiger partial charge in [0.2, 0.25) is 5.78 Å². The number of aromatic nitrogens is 5. The predicted octanol–water partition coefficient (Wildman–Crippen LogP) is 3.09. The van der Waals surface area contributed by atoms with Crippen LogP contribution in [0.5, 0.6) is 0 Å². The van der Waals surface area contributed by atoms with E-state index >= 15 is 0 Å². The molecule has 3 aromatic heterocycles. The molecule has 8 heteroatoms. The highest BCUT2D eigenvalue weighted by atomic mass is 16.5. The Labute approximate surface area is 190 Å². The number of fused-ring (bicyclic) bond motifs is 4. The molecule has 0 aliphatic rings. The van der Waals surface area contributed by atoms with Gasteiger partial charge in [-0.15, -0.1) is 0 Å². The molecular formula is C25H27N5O3. The Bertz CT molecular complexity index is 1600. The van der Waals surface area contributed by atoms with Crippen LogP contribution in [-0.2, 0) is 24.9 Å². The molecule has 0 spiro atoms. The molecule has 0 saturated carbocycles. The van der Waals surface area contributed by atoms with E-state index in [0.717, 1.165) is 35.0 Å². The van der Waals surface area contributed by atoms with Crippen LogP contribution in [0.1, 0.15) is 24.6 Å². The maximum absolute atomic E-state index is 13.6. The fourth-order valence-corrected chi connectivity index (χ4v) is 4.54. The molecule has 0 fully saturated rings. The Morgan fingerprint density at radius 3 is 2.64 bits per heavy atom. The van der Waals surface area contributed by atoms with Gasteiger partial charge < -0.3 is 9.30 Å². The van der Waals surface area contributed by atoms with Crippen LogP contribution in [-0.4, -0.2) is 36.3 Å². The zero-order valence-electron chi connectivity index (χ0n) is 19.1. The van der Waals surface area contributed by atoms with Crippen LogP contribution in [0.15, 0.2) is 58.3 Å². The summed E-state index contributed by atoms with van der Waals surface area (Å²) in [5.74, 6) is 0.661. The molecule has 5 aromatic rings. The van der Waals surface area contributed by atoms with Crippen molar-refractivity contribution < 1.29 is 4.74 Å². The number of aryl methyl sites for hydroxylation is 3. The highest BCUT2D eigenvalue weighted by Gasteiger charge is 2.20. The first-order chi connectivity index (χ1) is 16.0. The first-order valence-corrected chi connectivity index (χ1v) is 11.2. The Kier molecular flexibility index (Phi) is 5.38. The van der Waals surface area contributed by atoms with Crippen molar-refractivity contribution in [1.82, 2.24) is 23.1 Å². The molecule has 0 aliphatic heterocycles. The lowest BCUT2D eigenvalue weighted by Crippen LogP contribution is -2.39. The Morgan fingerprint density at radius 2 is 1.82 bits per heavy atom. The number of imidazole rings is 2. The number of ether oxygens (including phenoxy) is 1. The molecule has 0 N–H and O–H groups in total. The molecule has 0 saturated heterocycles. The van der Waals surface area contributed by atoms with Gasteiger partial charge in [0.1, 0.15) is 0 Å². The third-order valence-electron chi connectivity index (χ3n) is 6.22. The molecule has 0 amide bonds. The zero-order valence-corrected chi connectivity index (χ0v) is 19.1. The van der Waals surface area contributed by atoms with Crippen molar-refractivity contribution in [2.24, 2.45) is 7.05 Å². The monoisotopic (exact) mass is 445 g/mol. The highest BCUT2D eigenvalue weighted by Crippen LogP contribution is 2.20. The molecule has 0 bridgehead atoms. The molecule has 33 heavy (non-hydrogen) atoms. The molecule has 0 aliphatic carbocycles. The van der Waals surface area contributed by atoms with Crippen molar-refractivity contribution in [2.75, 3.05) is 13.2 Å². The van der Waals surface area contributed by atoms with Gasteiger partial charge in [0, 0.05) is 38.7 Å². The van der Waals surface area contributed by atoms with Gasteiger partial charge in [0.05, 0.1) is 6.54 Å². The van der Waals surface area contributed by atoms with E-state index < -0.39 is 0 Å². The topological polar surface area (TPSA) is 75.5 Å². The van der Waals surface area contributed by atoms with E-state index in [1.165, 1.54) is 9.13 Å². The number of hydrogen-bond donors (Lipinski definition) is 0. The highest BCUT2D eigenvalue weighted by molar-refractivity contribution is 5.85. The lowest BCUT2D eigenvalue weighted by Gasteiger charge is -2.10. The van der Waals surface area contributed by atoms with Crippen LogP contribution >= 0.6 is 0 Å². The number of nitrogens with zero attached hydrogens (tertiary/aromatic N) is 5. The molecule has 170 valence electrons. The Morgan fingerprint density at radius 1 is 1.03 bits per heavy atom. The van der Waals surface area contributed by atoms with Crippen molar-refractivity contribution >= 4 is 27.7 Å². The minimum absolute atomic E-state index is 0.198. The van der Waals surface area contributed by atoms with Crippen molar-refractivity contribution in [3.05, 3.63) is 80.8 Å². The summed E-state index contributed by atoms with van der Waals surface area (Å²) in [6, 6.07) is 13.9. The molecule has 0 atom stereocenters. The molecule has 8 nitrogen and oxygen atoms in total. The summed E-state index contributed by atoms with van der Waals surface area (Å²) >= 11 is 0. The van der Waals surface area contributed by atoms with Crippen molar-refractivity contribution in [3.8, 4) is 0 Å². The van der Waals surface area contributed by atoms with Gasteiger partial charge in [0.15, 0.2) is 11.2 Å². The van der Waals surface area contributed by atoms with Gasteiger partial charge in [0.25, 0.3) is 5.56 Å². The molecule has 0 radical (unpaired) electrons. The summed E-state index contributed by atoms with van der Waals surface area (Å²) in [6.07, 6.45) is 2.76. The molecule has 5 rings (SSSR count). The van der Waals surface area contributed by atoms with E-state index in [1.807, 2.05) is 66.9 Å². The van der Waals surface area contributed by atoms with Crippen LogP contribution in [0.2, 0.25) is 0 Å². The third-order valence-corrected chi connectivity index (χ3v) is 6.22. The van der Waals surface area contributed by atoms with E-state index in [-0.39, 0.29) is 17.8 Å². The summed E-state index contributed by atoms with van der Waals surface area (Å²) in [5.41, 5.74) is 2.04. The Balaban J connectivity index is 1.66. The van der Waals surface area contributed by atoms with E-state index in [0.29, 0.717) is 30.2 Å². The van der Waals surface area contributed by atoms with Crippen molar-refractivity contribution in [2.45, 2.75) is 33.4 Å². The average Bonchev–Trinajstić information content (AvgIpc) is 3.33. The third kappa shape index (κ3) is 3.47. The molecule has 3 heterocycles. The largest absolute Gasteiger partial charge is 0.382 e. The standard InChI is InChI=1S/C25H27N5O3/c1-4-33-14-8-13-28-17(2)15-29-21-22(26-24(28)29)27(3)25(32)30(23(21)31)16-19-11-7-10-18-9-5-6-12-20(18)19/h5-7,9-12,15H,4,8,13-14,16H2,1-3H3. The van der Waals surface area contributed by atoms with Crippen molar-refractivity contribution in [1.29, 1.82) is 0 Å². The first-order valence-electron chi connectivity index (χ1n) is 11.2. The molecule has 2 aromatic carbocycles. The fraction of sp³-hybridized carbons (Fsp3) is 0.320. The van der Waals surface area contributed by atoms with E-state index in [1.54, 1.807) is 7.05 Å². The number of rotatable bonds is 7. The van der Waals surface area contributed by atoms with E-state index in [4.69, 9.17) is 4.74 Å². The minimum atomic E-state index is -0.374. The normalized spacial score (nSPS) is 11.8. The predicted molar refractivity (Wildman–Crippen MR) is 129 cm³/mol. The minimum Gasteiger partial charge on any atom is -0.382 e. The van der Waals surface area contributed by atoms with Crippen LogP contribution in [0, 0.1) is 6.92 Å². The average molecular weight is 446 g/mol. The van der Waals surface area contributed by atoms with Gasteiger partial charge in [-0.05, 0) is 36.6 Å². The summed E-state index contributed by atoms with van der Waals surface area (Å²) < 4.78 is 12.1. The number of benzene rings is 2. The maximum Gasteiger partial charge on any atom is 0.332 e. The second kappa shape index (κ2) is 8.37. The van der Waals surface area contributed by atoms with Crippen LogP contribution in [0.25, 0.3) is 27.7 Å². The molecular weight excluding hydrogens is 418 g/mol. The van der Waals surface area contributed by atoms with E-state index in [9.17, 15) is 9.59 Å². The Hall–Kier alpha value is -3.65. The SMILES string of the molecule is CCOCCCn1c(C)cn2c3c(=O)n(Cc4cccc5ccccc45)c(=O)n(C)c3nc12. The summed E-state index contributed by atoms with van der Waals surface area (Å²) in [4.78, 5) is 31.5. The van der Waals surface area contributed by atoms with Gasteiger partial charge >= 0.3 is 5.69 Å². The van der Waals surface area contributed by atoms with E-state index in [2.05, 4.69) is 9.55 Å². The van der Waals surface area contributed by atoms with Crippen LogP contribution in [0.4, 0.5) is 0 Å². The van der Waals surface area contributed by atoms with Crippen LogP contribution in [0.3, 0.4) is 0 Å². The quantitative estimate of drug-likeness (QED) is 0.361. The zero-order chi connectivity index (χ0) is 23.1. The second-order valence-electron chi connectivity index (χ2n) is 8.30. The fourth-order valence-electron chi connectivity index (χ4n) is 4.54. The van der Waals surface area contributed by atoms with Gasteiger partial charge in [-0.2, -0.15) is 4.98 Å². The first kappa shape index (κ1) is 21.2. The number of hydrogen-bond acceptors (Lipinski definition) is 4. The lowest BCUT2D eigenvalue weighted by molar-refractivity contribution is 0.142. The summed E-state index contributed by atoms with van der Waals surface area (Å²) in [6.45, 7) is 6.25. The maximum atomic E-state index is 13.6. The molecule has 0 unspecified atom stereocenters. The second-order valence-corrected chi connectivity index (χ2v) is 8.30.